The second-order valence-corrected chi connectivity index (χ2v) is 3.71. The number of nitrogens with one attached hydrogen (secondary N) is 1. The molecule has 2 rings (SSSR count). The third-order valence-electron chi connectivity index (χ3n) is 2.67. The molecule has 0 spiro atoms. The first-order chi connectivity index (χ1) is 7.59. The van der Waals surface area contributed by atoms with Crippen LogP contribution >= 0.6 is 0 Å². The fourth-order valence-corrected chi connectivity index (χ4v) is 1.80. The average molecular weight is 219 g/mol. The summed E-state index contributed by atoms with van der Waals surface area (Å²) in [5, 5.41) is 8.99. The van der Waals surface area contributed by atoms with E-state index in [2.05, 4.69) is 9.97 Å². The molecule has 0 bridgehead atoms. The van der Waals surface area contributed by atoms with Gasteiger partial charge in [0.25, 0.3) is 0 Å². The number of carboxylic acid groups (broad SMARTS) is 1. The topological polar surface area (TPSA) is 70.9 Å². The Hall–Kier alpha value is -2.04. The fourth-order valence-electron chi connectivity index (χ4n) is 1.80. The van der Waals surface area contributed by atoms with Crippen LogP contribution in [-0.2, 0) is 6.54 Å². The molecule has 0 aliphatic heterocycles. The molecule has 16 heavy (non-hydrogen) atoms. The summed E-state index contributed by atoms with van der Waals surface area (Å²) in [6.45, 7) is 4.26. The normalized spacial score (nSPS) is 10.6. The number of aromatic carboxylic acids is 1. The van der Waals surface area contributed by atoms with Crippen LogP contribution in [0.1, 0.15) is 27.6 Å². The summed E-state index contributed by atoms with van der Waals surface area (Å²) in [4.78, 5) is 18.1. The summed E-state index contributed by atoms with van der Waals surface area (Å²) >= 11 is 0. The Kier molecular flexibility index (Phi) is 2.52. The van der Waals surface area contributed by atoms with Gasteiger partial charge in [0.15, 0.2) is 0 Å². The van der Waals surface area contributed by atoms with E-state index in [1.165, 1.54) is 0 Å². The molecule has 2 heterocycles. The SMILES string of the molecule is Cc1cc(C(=O)O)c(C)n1Cc1ncc[nH]1. The van der Waals surface area contributed by atoms with Gasteiger partial charge in [-0.05, 0) is 19.9 Å². The third kappa shape index (κ3) is 1.71. The lowest BCUT2D eigenvalue weighted by atomic mass is 10.2. The van der Waals surface area contributed by atoms with Crippen molar-refractivity contribution in [3.8, 4) is 0 Å². The monoisotopic (exact) mass is 219 g/mol. The van der Waals surface area contributed by atoms with Crippen LogP contribution in [0.4, 0.5) is 0 Å². The number of carbonyl (C=O) groups is 1. The minimum Gasteiger partial charge on any atom is -0.478 e. The van der Waals surface area contributed by atoms with Gasteiger partial charge in [-0.25, -0.2) is 9.78 Å². The van der Waals surface area contributed by atoms with Crippen LogP contribution in [0.3, 0.4) is 0 Å². The molecule has 0 aromatic carbocycles. The number of imidazole rings is 1. The minimum atomic E-state index is -0.890. The summed E-state index contributed by atoms with van der Waals surface area (Å²) in [5.74, 6) is -0.0717. The maximum absolute atomic E-state index is 11.0. The van der Waals surface area contributed by atoms with Crippen molar-refractivity contribution in [1.82, 2.24) is 14.5 Å². The lowest BCUT2D eigenvalue weighted by molar-refractivity contribution is 0.0696. The largest absolute Gasteiger partial charge is 0.478 e. The van der Waals surface area contributed by atoms with E-state index < -0.39 is 5.97 Å². The first-order valence-corrected chi connectivity index (χ1v) is 4.98. The molecule has 2 aromatic heterocycles. The van der Waals surface area contributed by atoms with Crippen LogP contribution in [0.2, 0.25) is 0 Å². The standard InChI is InChI=1S/C11H13N3O2/c1-7-5-9(11(15)16)8(2)14(7)6-10-12-3-4-13-10/h3-5H,6H2,1-2H3,(H,12,13)(H,15,16). The van der Waals surface area contributed by atoms with E-state index in [1.54, 1.807) is 25.4 Å². The molecular formula is C11H13N3O2. The number of nitrogens with zero attached hydrogens (tertiary/aromatic N) is 2. The second kappa shape index (κ2) is 3.84. The Morgan fingerprint density at radius 2 is 2.31 bits per heavy atom. The highest BCUT2D eigenvalue weighted by Gasteiger charge is 2.14. The lowest BCUT2D eigenvalue weighted by Crippen LogP contribution is -2.06. The molecule has 0 aliphatic carbocycles. The zero-order valence-electron chi connectivity index (χ0n) is 9.19. The average Bonchev–Trinajstić information content (AvgIpc) is 2.81. The van der Waals surface area contributed by atoms with E-state index in [9.17, 15) is 4.79 Å². The van der Waals surface area contributed by atoms with E-state index in [0.717, 1.165) is 17.2 Å². The molecule has 2 N–H and O–H groups in total. The van der Waals surface area contributed by atoms with Crippen molar-refractivity contribution in [1.29, 1.82) is 0 Å². The predicted octanol–water partition coefficient (Wildman–Crippen LogP) is 1.57. The van der Waals surface area contributed by atoms with E-state index in [1.807, 2.05) is 11.5 Å². The van der Waals surface area contributed by atoms with Crippen molar-refractivity contribution >= 4 is 5.97 Å². The van der Waals surface area contributed by atoms with E-state index in [4.69, 9.17) is 5.11 Å². The Labute approximate surface area is 92.8 Å². The smallest absolute Gasteiger partial charge is 0.337 e. The Morgan fingerprint density at radius 1 is 1.56 bits per heavy atom. The summed E-state index contributed by atoms with van der Waals surface area (Å²) < 4.78 is 1.93. The molecule has 0 saturated heterocycles. The number of rotatable bonds is 3. The van der Waals surface area contributed by atoms with Crippen molar-refractivity contribution in [3.05, 3.63) is 41.2 Å². The molecule has 0 unspecified atom stereocenters. The third-order valence-corrected chi connectivity index (χ3v) is 2.67. The predicted molar refractivity (Wildman–Crippen MR) is 58.6 cm³/mol. The molecule has 2 aromatic rings. The Bertz CT molecular complexity index is 512. The zero-order valence-corrected chi connectivity index (χ0v) is 9.19. The molecule has 0 saturated carbocycles. The van der Waals surface area contributed by atoms with Crippen molar-refractivity contribution < 1.29 is 9.90 Å². The molecule has 5 nitrogen and oxygen atoms in total. The van der Waals surface area contributed by atoms with Gasteiger partial charge < -0.3 is 14.7 Å². The summed E-state index contributed by atoms with van der Waals surface area (Å²) in [6.07, 6.45) is 3.43. The van der Waals surface area contributed by atoms with Gasteiger partial charge in [0, 0.05) is 23.8 Å². The Balaban J connectivity index is 2.38. The van der Waals surface area contributed by atoms with Crippen molar-refractivity contribution in [2.75, 3.05) is 0 Å². The van der Waals surface area contributed by atoms with Crippen LogP contribution in [0.25, 0.3) is 0 Å². The number of aryl methyl sites for hydroxylation is 1. The zero-order chi connectivity index (χ0) is 11.7. The van der Waals surface area contributed by atoms with Crippen LogP contribution in [0, 0.1) is 13.8 Å². The number of hydrogen-bond donors (Lipinski definition) is 2. The van der Waals surface area contributed by atoms with Gasteiger partial charge in [-0.3, -0.25) is 0 Å². The number of H-pyrrole nitrogens is 1. The number of aromatic amines is 1. The summed E-state index contributed by atoms with van der Waals surface area (Å²) in [6, 6.07) is 1.68. The molecule has 0 aliphatic rings. The van der Waals surface area contributed by atoms with Crippen molar-refractivity contribution in [3.63, 3.8) is 0 Å². The number of aromatic nitrogens is 3. The highest BCUT2D eigenvalue weighted by Crippen LogP contribution is 2.15. The van der Waals surface area contributed by atoms with Crippen LogP contribution in [-0.4, -0.2) is 25.6 Å². The molecular weight excluding hydrogens is 206 g/mol. The van der Waals surface area contributed by atoms with Crippen LogP contribution < -0.4 is 0 Å². The van der Waals surface area contributed by atoms with Gasteiger partial charge >= 0.3 is 5.97 Å². The van der Waals surface area contributed by atoms with Gasteiger partial charge in [0.05, 0.1) is 12.1 Å². The molecule has 0 fully saturated rings. The highest BCUT2D eigenvalue weighted by molar-refractivity contribution is 5.89. The van der Waals surface area contributed by atoms with E-state index in [-0.39, 0.29) is 0 Å². The molecule has 0 amide bonds. The first-order valence-electron chi connectivity index (χ1n) is 4.98. The van der Waals surface area contributed by atoms with E-state index in [0.29, 0.717) is 12.1 Å². The second-order valence-electron chi connectivity index (χ2n) is 3.71. The number of hydrogen-bond acceptors (Lipinski definition) is 2. The summed E-state index contributed by atoms with van der Waals surface area (Å²) in [7, 11) is 0. The first kappa shape index (κ1) is 10.5. The highest BCUT2D eigenvalue weighted by atomic mass is 16.4. The maximum Gasteiger partial charge on any atom is 0.337 e. The lowest BCUT2D eigenvalue weighted by Gasteiger charge is -2.06. The minimum absolute atomic E-state index is 0.351. The Morgan fingerprint density at radius 3 is 2.81 bits per heavy atom. The molecule has 5 heteroatoms. The summed E-state index contributed by atoms with van der Waals surface area (Å²) in [5.41, 5.74) is 2.02. The molecule has 84 valence electrons. The molecule has 0 atom stereocenters. The van der Waals surface area contributed by atoms with Gasteiger partial charge in [-0.15, -0.1) is 0 Å². The van der Waals surface area contributed by atoms with Gasteiger partial charge in [0.1, 0.15) is 5.82 Å². The van der Waals surface area contributed by atoms with Crippen LogP contribution in [0.5, 0.6) is 0 Å². The van der Waals surface area contributed by atoms with Gasteiger partial charge in [0.2, 0.25) is 0 Å². The molecule has 0 radical (unpaired) electrons. The number of carboxylic acids is 1. The van der Waals surface area contributed by atoms with E-state index >= 15 is 0 Å². The van der Waals surface area contributed by atoms with Crippen molar-refractivity contribution in [2.24, 2.45) is 0 Å². The maximum atomic E-state index is 11.0. The van der Waals surface area contributed by atoms with Crippen molar-refractivity contribution in [2.45, 2.75) is 20.4 Å². The van der Waals surface area contributed by atoms with Crippen LogP contribution in [0.15, 0.2) is 18.5 Å². The van der Waals surface area contributed by atoms with Gasteiger partial charge in [-0.2, -0.15) is 0 Å². The quantitative estimate of drug-likeness (QED) is 0.823. The fraction of sp³-hybridized carbons (Fsp3) is 0.273. The van der Waals surface area contributed by atoms with Gasteiger partial charge in [-0.1, -0.05) is 0 Å².